The molecule has 0 aromatic heterocycles. The van der Waals surface area contributed by atoms with Gasteiger partial charge in [-0.1, -0.05) is 0 Å². The summed E-state index contributed by atoms with van der Waals surface area (Å²) in [5.74, 6) is -0.383. The van der Waals surface area contributed by atoms with Crippen molar-refractivity contribution < 1.29 is 18.0 Å². The highest BCUT2D eigenvalue weighted by Gasteiger charge is 2.54. The van der Waals surface area contributed by atoms with E-state index in [-0.39, 0.29) is 17.9 Å². The number of alkyl halides is 3. The lowest BCUT2D eigenvalue weighted by Gasteiger charge is -2.33. The molecule has 1 saturated heterocycles. The van der Waals surface area contributed by atoms with Crippen LogP contribution in [-0.4, -0.2) is 24.2 Å². The first-order valence-corrected chi connectivity index (χ1v) is 4.77. The van der Waals surface area contributed by atoms with Gasteiger partial charge in [-0.2, -0.15) is 13.2 Å². The number of allylic oxidation sites excluding steroid dienone is 2. The Labute approximate surface area is 91.2 Å². The summed E-state index contributed by atoms with van der Waals surface area (Å²) < 4.78 is 38.1. The van der Waals surface area contributed by atoms with E-state index in [1.54, 1.807) is 0 Å². The Bertz CT molecular complexity index is 344. The van der Waals surface area contributed by atoms with Crippen LogP contribution < -0.4 is 5.32 Å². The van der Waals surface area contributed by atoms with Gasteiger partial charge < -0.3 is 10.7 Å². The van der Waals surface area contributed by atoms with E-state index in [0.29, 0.717) is 0 Å². The van der Waals surface area contributed by atoms with Crippen molar-refractivity contribution >= 4 is 12.0 Å². The lowest BCUT2D eigenvalue weighted by molar-refractivity contribution is -0.219. The quantitative estimate of drug-likeness (QED) is 0.567. The Morgan fingerprint density at radius 2 is 2.00 bits per heavy atom. The van der Waals surface area contributed by atoms with Gasteiger partial charge in [-0.05, 0) is 19.9 Å². The molecule has 0 saturated carbocycles. The molecule has 90 valence electrons. The molecule has 0 bridgehead atoms. The largest absolute Gasteiger partial charge is 0.395 e. The highest BCUT2D eigenvalue weighted by atomic mass is 19.4. The SMILES string of the molecule is CC(C)(C1CC(=O)/C(=C/C=N)N1)C(F)(F)F. The molecule has 1 fully saturated rings. The van der Waals surface area contributed by atoms with Crippen LogP contribution in [0.15, 0.2) is 11.8 Å². The molecule has 1 atom stereocenters. The predicted molar refractivity (Wildman–Crippen MR) is 53.3 cm³/mol. The molecule has 1 aliphatic heterocycles. The fraction of sp³-hybridized carbons (Fsp3) is 0.600. The van der Waals surface area contributed by atoms with E-state index in [1.807, 2.05) is 0 Å². The normalized spacial score (nSPS) is 24.7. The smallest absolute Gasteiger partial charge is 0.378 e. The lowest BCUT2D eigenvalue weighted by atomic mass is 9.83. The van der Waals surface area contributed by atoms with Crippen LogP contribution in [0, 0.1) is 10.8 Å². The van der Waals surface area contributed by atoms with E-state index in [9.17, 15) is 18.0 Å². The number of hydrogen-bond acceptors (Lipinski definition) is 3. The number of halogens is 3. The van der Waals surface area contributed by atoms with Crippen LogP contribution in [-0.2, 0) is 4.79 Å². The summed E-state index contributed by atoms with van der Waals surface area (Å²) in [5, 5.41) is 9.32. The third kappa shape index (κ3) is 2.10. The van der Waals surface area contributed by atoms with Crippen LogP contribution in [0.25, 0.3) is 0 Å². The first-order valence-electron chi connectivity index (χ1n) is 4.77. The van der Waals surface area contributed by atoms with Crippen molar-refractivity contribution in [2.75, 3.05) is 0 Å². The number of carbonyl (C=O) groups is 1. The second-order valence-corrected chi connectivity index (χ2v) is 4.29. The number of carbonyl (C=O) groups excluding carboxylic acids is 1. The molecule has 0 aromatic rings. The molecule has 1 rings (SSSR count). The monoisotopic (exact) mass is 234 g/mol. The highest BCUT2D eigenvalue weighted by Crippen LogP contribution is 2.43. The van der Waals surface area contributed by atoms with E-state index in [0.717, 1.165) is 20.1 Å². The fourth-order valence-electron chi connectivity index (χ4n) is 1.47. The van der Waals surface area contributed by atoms with Gasteiger partial charge in [0.25, 0.3) is 0 Å². The number of rotatable bonds is 2. The highest BCUT2D eigenvalue weighted by molar-refractivity contribution is 6.00. The molecule has 0 spiro atoms. The number of nitrogens with one attached hydrogen (secondary N) is 2. The van der Waals surface area contributed by atoms with Gasteiger partial charge in [0.05, 0.1) is 11.1 Å². The third-order valence-electron chi connectivity index (χ3n) is 2.87. The summed E-state index contributed by atoms with van der Waals surface area (Å²) in [6, 6.07) is -0.966. The van der Waals surface area contributed by atoms with Gasteiger partial charge in [0.15, 0.2) is 5.78 Å². The van der Waals surface area contributed by atoms with Crippen molar-refractivity contribution in [3.05, 3.63) is 11.8 Å². The van der Waals surface area contributed by atoms with Gasteiger partial charge in [-0.15, -0.1) is 0 Å². The van der Waals surface area contributed by atoms with Crippen molar-refractivity contribution in [3.63, 3.8) is 0 Å². The molecule has 0 amide bonds. The minimum absolute atomic E-state index is 0.0809. The summed E-state index contributed by atoms with van der Waals surface area (Å²) >= 11 is 0. The average molecular weight is 234 g/mol. The molecule has 2 N–H and O–H groups in total. The molecular formula is C10H13F3N2O. The van der Waals surface area contributed by atoms with Crippen LogP contribution in [0.4, 0.5) is 13.2 Å². The Balaban J connectivity index is 2.91. The molecular weight excluding hydrogens is 221 g/mol. The zero-order valence-corrected chi connectivity index (χ0v) is 8.98. The maximum Gasteiger partial charge on any atom is 0.395 e. The Morgan fingerprint density at radius 3 is 2.44 bits per heavy atom. The van der Waals surface area contributed by atoms with Gasteiger partial charge in [0.2, 0.25) is 0 Å². The van der Waals surface area contributed by atoms with Gasteiger partial charge in [0.1, 0.15) is 0 Å². The van der Waals surface area contributed by atoms with E-state index in [2.05, 4.69) is 5.32 Å². The van der Waals surface area contributed by atoms with Gasteiger partial charge in [-0.25, -0.2) is 0 Å². The molecule has 0 aliphatic carbocycles. The molecule has 0 radical (unpaired) electrons. The van der Waals surface area contributed by atoms with Crippen molar-refractivity contribution in [3.8, 4) is 0 Å². The molecule has 16 heavy (non-hydrogen) atoms. The van der Waals surface area contributed by atoms with Crippen molar-refractivity contribution in [2.24, 2.45) is 5.41 Å². The van der Waals surface area contributed by atoms with Gasteiger partial charge >= 0.3 is 6.18 Å². The number of Topliss-reactive ketones (excluding diaryl/α,β-unsaturated/α-hetero) is 1. The van der Waals surface area contributed by atoms with Crippen LogP contribution >= 0.6 is 0 Å². The second kappa shape index (κ2) is 3.92. The van der Waals surface area contributed by atoms with Crippen LogP contribution in [0.3, 0.4) is 0 Å². The van der Waals surface area contributed by atoms with E-state index >= 15 is 0 Å². The topological polar surface area (TPSA) is 53.0 Å². The first kappa shape index (κ1) is 12.7. The zero-order valence-electron chi connectivity index (χ0n) is 8.98. The van der Waals surface area contributed by atoms with Gasteiger partial charge in [0, 0.05) is 18.7 Å². The molecule has 6 heteroatoms. The maximum absolute atomic E-state index is 12.7. The molecule has 1 heterocycles. The van der Waals surface area contributed by atoms with E-state index in [4.69, 9.17) is 5.41 Å². The van der Waals surface area contributed by atoms with Crippen molar-refractivity contribution in [1.82, 2.24) is 5.32 Å². The van der Waals surface area contributed by atoms with E-state index in [1.165, 1.54) is 6.08 Å². The third-order valence-corrected chi connectivity index (χ3v) is 2.87. The van der Waals surface area contributed by atoms with Crippen LogP contribution in [0.2, 0.25) is 0 Å². The molecule has 3 nitrogen and oxygen atoms in total. The predicted octanol–water partition coefficient (Wildman–Crippen LogP) is 2.04. The summed E-state index contributed by atoms with van der Waals surface area (Å²) in [6.45, 7) is 2.12. The van der Waals surface area contributed by atoms with Crippen LogP contribution in [0.1, 0.15) is 20.3 Å². The van der Waals surface area contributed by atoms with Gasteiger partial charge in [-0.3, -0.25) is 4.79 Å². The average Bonchev–Trinajstić information content (AvgIpc) is 2.47. The minimum atomic E-state index is -4.37. The zero-order chi connectivity index (χ0) is 12.6. The lowest BCUT2D eigenvalue weighted by Crippen LogP contribution is -2.47. The standard InChI is InChI=1S/C10H13F3N2O/c1-9(2,10(11,12)13)8-5-7(16)6(15-8)3-4-14/h3-4,8,14-15H,5H2,1-2H3/b6-3-,14-4?. The minimum Gasteiger partial charge on any atom is -0.378 e. The van der Waals surface area contributed by atoms with Crippen molar-refractivity contribution in [2.45, 2.75) is 32.5 Å². The Hall–Kier alpha value is -1.33. The Morgan fingerprint density at radius 1 is 1.44 bits per heavy atom. The molecule has 1 unspecified atom stereocenters. The second-order valence-electron chi connectivity index (χ2n) is 4.29. The maximum atomic E-state index is 12.7. The molecule has 1 aliphatic rings. The summed E-state index contributed by atoms with van der Waals surface area (Å²) in [5.41, 5.74) is -1.89. The van der Waals surface area contributed by atoms with E-state index < -0.39 is 17.6 Å². The summed E-state index contributed by atoms with van der Waals surface area (Å²) in [4.78, 5) is 11.3. The van der Waals surface area contributed by atoms with Crippen LogP contribution in [0.5, 0.6) is 0 Å². The fourth-order valence-corrected chi connectivity index (χ4v) is 1.47. The van der Waals surface area contributed by atoms with Crippen molar-refractivity contribution in [1.29, 1.82) is 5.41 Å². The summed E-state index contributed by atoms with van der Waals surface area (Å²) in [6.07, 6.45) is -2.50. The molecule has 0 aromatic carbocycles. The first-order chi connectivity index (χ1) is 7.20. The number of hydrogen-bond donors (Lipinski definition) is 2. The Kier molecular flexibility index (Phi) is 3.12. The summed E-state index contributed by atoms with van der Waals surface area (Å²) in [7, 11) is 0. The number of ketones is 1.